The van der Waals surface area contributed by atoms with Crippen LogP contribution in [0.4, 0.5) is 10.5 Å². The average molecular weight is 314 g/mol. The number of rotatable bonds is 3. The van der Waals surface area contributed by atoms with Crippen LogP contribution in [0.5, 0.6) is 0 Å². The molecule has 1 saturated heterocycles. The van der Waals surface area contributed by atoms with Crippen LogP contribution in [0, 0.1) is 6.92 Å². The Labute approximate surface area is 135 Å². The van der Waals surface area contributed by atoms with Crippen molar-refractivity contribution in [1.29, 1.82) is 0 Å². The predicted molar refractivity (Wildman–Crippen MR) is 89.2 cm³/mol. The topological polar surface area (TPSA) is 85.9 Å². The zero-order chi connectivity index (χ0) is 16.2. The van der Waals surface area contributed by atoms with Crippen molar-refractivity contribution in [2.24, 2.45) is 0 Å². The number of aromatic amines is 1. The van der Waals surface area contributed by atoms with Gasteiger partial charge in [-0.1, -0.05) is 0 Å². The van der Waals surface area contributed by atoms with Crippen LogP contribution in [0.2, 0.25) is 0 Å². The third-order valence-corrected chi connectivity index (χ3v) is 4.05. The molecule has 3 rings (SSSR count). The van der Waals surface area contributed by atoms with Gasteiger partial charge < -0.3 is 15.5 Å². The highest BCUT2D eigenvalue weighted by molar-refractivity contribution is 5.89. The number of aryl methyl sites for hydroxylation is 1. The number of carbonyl (C=O) groups excluding carboxylic acids is 1. The number of amides is 2. The minimum atomic E-state index is -0.152. The van der Waals surface area contributed by atoms with E-state index in [9.17, 15) is 4.79 Å². The zero-order valence-corrected chi connectivity index (χ0v) is 13.5. The van der Waals surface area contributed by atoms with Gasteiger partial charge in [0, 0.05) is 17.3 Å². The second-order valence-corrected chi connectivity index (χ2v) is 6.00. The Morgan fingerprint density at radius 2 is 1.96 bits per heavy atom. The van der Waals surface area contributed by atoms with E-state index in [1.54, 1.807) is 0 Å². The molecule has 2 heterocycles. The number of benzene rings is 1. The van der Waals surface area contributed by atoms with Crippen molar-refractivity contribution in [1.82, 2.24) is 25.4 Å². The molecule has 3 N–H and O–H groups in total. The molecule has 2 amide bonds. The van der Waals surface area contributed by atoms with Gasteiger partial charge in [-0.15, -0.1) is 0 Å². The van der Waals surface area contributed by atoms with E-state index in [-0.39, 0.29) is 12.1 Å². The second-order valence-electron chi connectivity index (χ2n) is 6.00. The number of hydrogen-bond donors (Lipinski definition) is 3. The average Bonchev–Trinajstić information content (AvgIpc) is 2.97. The molecule has 1 aromatic heterocycles. The number of aromatic nitrogens is 3. The molecule has 0 bridgehead atoms. The van der Waals surface area contributed by atoms with E-state index in [2.05, 4.69) is 37.8 Å². The van der Waals surface area contributed by atoms with E-state index < -0.39 is 0 Å². The number of carbonyl (C=O) groups is 1. The van der Waals surface area contributed by atoms with E-state index in [4.69, 9.17) is 0 Å². The zero-order valence-electron chi connectivity index (χ0n) is 13.5. The maximum Gasteiger partial charge on any atom is 0.319 e. The first-order valence-corrected chi connectivity index (χ1v) is 7.85. The molecule has 1 aliphatic rings. The van der Waals surface area contributed by atoms with Gasteiger partial charge in [-0.25, -0.2) is 9.78 Å². The Morgan fingerprint density at radius 3 is 2.57 bits per heavy atom. The van der Waals surface area contributed by atoms with E-state index in [1.165, 1.54) is 0 Å². The molecule has 0 aliphatic carbocycles. The van der Waals surface area contributed by atoms with Crippen molar-refractivity contribution in [2.45, 2.75) is 25.8 Å². The number of nitrogens with one attached hydrogen (secondary N) is 3. The summed E-state index contributed by atoms with van der Waals surface area (Å²) < 4.78 is 0. The Kier molecular flexibility index (Phi) is 4.57. The van der Waals surface area contributed by atoms with Gasteiger partial charge in [0.1, 0.15) is 5.82 Å². The van der Waals surface area contributed by atoms with Crippen molar-refractivity contribution in [3.63, 3.8) is 0 Å². The van der Waals surface area contributed by atoms with Gasteiger partial charge in [0.15, 0.2) is 5.82 Å². The molecule has 1 fully saturated rings. The summed E-state index contributed by atoms with van der Waals surface area (Å²) >= 11 is 0. The maximum atomic E-state index is 12.1. The third-order valence-electron chi connectivity index (χ3n) is 4.05. The fourth-order valence-corrected chi connectivity index (χ4v) is 2.68. The molecule has 0 radical (unpaired) electrons. The lowest BCUT2D eigenvalue weighted by Crippen LogP contribution is -2.44. The van der Waals surface area contributed by atoms with Gasteiger partial charge in [-0.3, -0.25) is 5.10 Å². The van der Waals surface area contributed by atoms with Gasteiger partial charge in [0.25, 0.3) is 0 Å². The fourth-order valence-electron chi connectivity index (χ4n) is 2.68. The van der Waals surface area contributed by atoms with Gasteiger partial charge in [0.05, 0.1) is 0 Å². The van der Waals surface area contributed by atoms with Crippen molar-refractivity contribution < 1.29 is 4.79 Å². The van der Waals surface area contributed by atoms with Crippen LogP contribution in [0.1, 0.15) is 18.7 Å². The van der Waals surface area contributed by atoms with E-state index in [0.29, 0.717) is 5.82 Å². The minimum Gasteiger partial charge on any atom is -0.335 e. The SMILES string of the molecule is Cc1nc(-c2ccc(NC(=O)NC3CCN(C)CC3)cc2)n[nH]1. The minimum absolute atomic E-state index is 0.152. The molecule has 23 heavy (non-hydrogen) atoms. The third kappa shape index (κ3) is 4.07. The van der Waals surface area contributed by atoms with E-state index in [0.717, 1.165) is 43.0 Å². The standard InChI is InChI=1S/C16H22N6O/c1-11-17-15(21-20-11)12-3-5-13(6-4-12)18-16(23)19-14-7-9-22(2)10-8-14/h3-6,14H,7-10H2,1-2H3,(H,17,20,21)(H2,18,19,23). The predicted octanol–water partition coefficient (Wildman–Crippen LogP) is 2.00. The summed E-state index contributed by atoms with van der Waals surface area (Å²) in [5.41, 5.74) is 1.67. The second kappa shape index (κ2) is 6.78. The lowest BCUT2D eigenvalue weighted by atomic mass is 10.1. The van der Waals surface area contributed by atoms with Gasteiger partial charge >= 0.3 is 6.03 Å². The van der Waals surface area contributed by atoms with E-state index >= 15 is 0 Å². The molecule has 122 valence electrons. The number of urea groups is 1. The molecule has 0 saturated carbocycles. The van der Waals surface area contributed by atoms with Crippen molar-refractivity contribution in [3.05, 3.63) is 30.1 Å². The quantitative estimate of drug-likeness (QED) is 0.809. The lowest BCUT2D eigenvalue weighted by Gasteiger charge is -2.29. The highest BCUT2D eigenvalue weighted by Gasteiger charge is 2.18. The number of piperidine rings is 1. The number of hydrogen-bond acceptors (Lipinski definition) is 4. The van der Waals surface area contributed by atoms with Gasteiger partial charge in [-0.05, 0) is 64.2 Å². The number of anilines is 1. The Morgan fingerprint density at radius 1 is 1.26 bits per heavy atom. The Bertz CT molecular complexity index is 657. The van der Waals surface area contributed by atoms with Crippen LogP contribution in [0.25, 0.3) is 11.4 Å². The van der Waals surface area contributed by atoms with Crippen LogP contribution < -0.4 is 10.6 Å². The molecular formula is C16H22N6O. The first kappa shape index (κ1) is 15.5. The highest BCUT2D eigenvalue weighted by atomic mass is 16.2. The summed E-state index contributed by atoms with van der Waals surface area (Å²) in [6, 6.07) is 7.61. The molecular weight excluding hydrogens is 292 g/mol. The first-order valence-electron chi connectivity index (χ1n) is 7.85. The van der Waals surface area contributed by atoms with Crippen molar-refractivity contribution >= 4 is 11.7 Å². The highest BCUT2D eigenvalue weighted by Crippen LogP contribution is 2.18. The largest absolute Gasteiger partial charge is 0.335 e. The molecule has 0 unspecified atom stereocenters. The Balaban J connectivity index is 1.54. The summed E-state index contributed by atoms with van der Waals surface area (Å²) in [6.45, 7) is 3.91. The molecule has 0 spiro atoms. The van der Waals surface area contributed by atoms with Crippen LogP contribution in [-0.4, -0.2) is 52.3 Å². The summed E-state index contributed by atoms with van der Waals surface area (Å²) in [6.07, 6.45) is 1.99. The van der Waals surface area contributed by atoms with Crippen LogP contribution >= 0.6 is 0 Å². The fraction of sp³-hybridized carbons (Fsp3) is 0.438. The summed E-state index contributed by atoms with van der Waals surface area (Å²) in [5.74, 6) is 1.43. The summed E-state index contributed by atoms with van der Waals surface area (Å²) in [5, 5.41) is 12.8. The number of nitrogens with zero attached hydrogens (tertiary/aromatic N) is 3. The van der Waals surface area contributed by atoms with Crippen LogP contribution in [-0.2, 0) is 0 Å². The van der Waals surface area contributed by atoms with Crippen molar-refractivity contribution in [3.8, 4) is 11.4 Å². The molecule has 1 aliphatic heterocycles. The number of likely N-dealkylation sites (tertiary alicyclic amines) is 1. The summed E-state index contributed by atoms with van der Waals surface area (Å²) in [7, 11) is 2.10. The first-order chi connectivity index (χ1) is 11.1. The molecule has 2 aromatic rings. The normalized spacial score (nSPS) is 16.3. The monoisotopic (exact) mass is 314 g/mol. The molecule has 7 nitrogen and oxygen atoms in total. The molecule has 1 aromatic carbocycles. The summed E-state index contributed by atoms with van der Waals surface area (Å²) in [4.78, 5) is 18.6. The maximum absolute atomic E-state index is 12.1. The molecule has 0 atom stereocenters. The van der Waals surface area contributed by atoms with Crippen molar-refractivity contribution in [2.75, 3.05) is 25.5 Å². The molecule has 7 heteroatoms. The lowest BCUT2D eigenvalue weighted by molar-refractivity contribution is 0.221. The van der Waals surface area contributed by atoms with Gasteiger partial charge in [0.2, 0.25) is 0 Å². The van der Waals surface area contributed by atoms with Gasteiger partial charge in [-0.2, -0.15) is 5.10 Å². The Hall–Kier alpha value is -2.41. The van der Waals surface area contributed by atoms with Crippen LogP contribution in [0.15, 0.2) is 24.3 Å². The van der Waals surface area contributed by atoms with Crippen LogP contribution in [0.3, 0.4) is 0 Å². The smallest absolute Gasteiger partial charge is 0.319 e. The number of H-pyrrole nitrogens is 1. The van der Waals surface area contributed by atoms with E-state index in [1.807, 2.05) is 31.2 Å².